The molecule has 0 radical (unpaired) electrons. The minimum Gasteiger partial charge on any atom is -0.483 e. The summed E-state index contributed by atoms with van der Waals surface area (Å²) in [6, 6.07) is 4.93. The SMILES string of the molecule is Cc1cc(C(=O)N2C[C@H]3CCN(c4ncccc4F)CC[C@H]3C2)n(C)n1.O=CO. The van der Waals surface area contributed by atoms with Crippen molar-refractivity contribution in [3.63, 3.8) is 0 Å². The number of hydrogen-bond acceptors (Lipinski definition) is 5. The van der Waals surface area contributed by atoms with Gasteiger partial charge in [-0.2, -0.15) is 5.10 Å². The van der Waals surface area contributed by atoms with Crippen LogP contribution in [0.15, 0.2) is 24.4 Å². The van der Waals surface area contributed by atoms with Gasteiger partial charge >= 0.3 is 0 Å². The van der Waals surface area contributed by atoms with Gasteiger partial charge in [0.05, 0.1) is 5.69 Å². The van der Waals surface area contributed by atoms with Crippen LogP contribution in [0.25, 0.3) is 0 Å². The number of rotatable bonds is 2. The van der Waals surface area contributed by atoms with Crippen molar-refractivity contribution in [2.45, 2.75) is 19.8 Å². The molecule has 0 saturated carbocycles. The number of carbonyl (C=O) groups excluding carboxylic acids is 1. The van der Waals surface area contributed by atoms with Crippen molar-refractivity contribution in [1.29, 1.82) is 0 Å². The number of hydrogen-bond donors (Lipinski definition) is 1. The Bertz CT molecular complexity index is 856. The number of pyridine rings is 1. The Balaban J connectivity index is 0.000000755. The molecule has 1 N–H and O–H groups in total. The molecule has 9 heteroatoms. The molecule has 2 saturated heterocycles. The third-order valence-corrected chi connectivity index (χ3v) is 5.66. The van der Waals surface area contributed by atoms with Gasteiger partial charge in [0, 0.05) is 39.4 Å². The number of carboxylic acid groups (broad SMARTS) is 1. The average Bonchev–Trinajstić information content (AvgIpc) is 3.19. The normalized spacial score (nSPS) is 21.1. The number of aromatic nitrogens is 3. The molecule has 4 heterocycles. The second-order valence-corrected chi connectivity index (χ2v) is 7.50. The summed E-state index contributed by atoms with van der Waals surface area (Å²) in [6.45, 7) is 4.75. The summed E-state index contributed by atoms with van der Waals surface area (Å²) in [4.78, 5) is 29.4. The molecule has 2 aromatic rings. The molecule has 2 aromatic heterocycles. The van der Waals surface area contributed by atoms with Gasteiger partial charge in [-0.25, -0.2) is 9.37 Å². The first-order valence-electron chi connectivity index (χ1n) is 9.67. The molecule has 8 nitrogen and oxygen atoms in total. The summed E-state index contributed by atoms with van der Waals surface area (Å²) >= 11 is 0. The molecule has 2 fully saturated rings. The van der Waals surface area contributed by atoms with Crippen LogP contribution < -0.4 is 4.90 Å². The summed E-state index contributed by atoms with van der Waals surface area (Å²) in [5.74, 6) is 1.18. The third-order valence-electron chi connectivity index (χ3n) is 5.66. The quantitative estimate of drug-likeness (QED) is 0.771. The van der Waals surface area contributed by atoms with Crippen LogP contribution in [0.2, 0.25) is 0 Å². The zero-order valence-electron chi connectivity index (χ0n) is 16.7. The Morgan fingerprint density at radius 3 is 2.41 bits per heavy atom. The van der Waals surface area contributed by atoms with E-state index in [-0.39, 0.29) is 18.2 Å². The highest BCUT2D eigenvalue weighted by Gasteiger charge is 2.38. The molecular weight excluding hydrogens is 377 g/mol. The maximum absolute atomic E-state index is 14.0. The van der Waals surface area contributed by atoms with E-state index < -0.39 is 0 Å². The summed E-state index contributed by atoms with van der Waals surface area (Å²) in [5, 5.41) is 11.2. The monoisotopic (exact) mass is 403 g/mol. The van der Waals surface area contributed by atoms with E-state index in [9.17, 15) is 9.18 Å². The predicted octanol–water partition coefficient (Wildman–Crippen LogP) is 1.95. The molecule has 0 unspecified atom stereocenters. The van der Waals surface area contributed by atoms with Crippen LogP contribution in [0.1, 0.15) is 29.0 Å². The Morgan fingerprint density at radius 1 is 1.28 bits per heavy atom. The van der Waals surface area contributed by atoms with E-state index in [0.717, 1.165) is 44.7 Å². The molecule has 0 bridgehead atoms. The van der Waals surface area contributed by atoms with E-state index in [1.54, 1.807) is 16.9 Å². The lowest BCUT2D eigenvalue weighted by atomic mass is 9.92. The number of halogens is 1. The standard InChI is InChI=1S/C19H24FN5O.CH2O2/c1-13-10-17(23(2)22-13)19(26)25-11-14-5-8-24(9-6-15(14)12-25)18-16(20)4-3-7-21-18;2-1-3/h3-4,7,10,14-15H,5-6,8-9,11-12H2,1-2H3;1H,(H,2,3)/t14-,15+;. The van der Waals surface area contributed by atoms with Gasteiger partial charge in [0.25, 0.3) is 12.4 Å². The lowest BCUT2D eigenvalue weighted by Crippen LogP contribution is -2.32. The molecular formula is C20H26FN5O3. The number of anilines is 1. The maximum Gasteiger partial charge on any atom is 0.290 e. The zero-order chi connectivity index (χ0) is 21.0. The van der Waals surface area contributed by atoms with Gasteiger partial charge in [-0.1, -0.05) is 0 Å². The van der Waals surface area contributed by atoms with Crippen LogP contribution in [0, 0.1) is 24.6 Å². The van der Waals surface area contributed by atoms with E-state index >= 15 is 0 Å². The highest BCUT2D eigenvalue weighted by atomic mass is 19.1. The summed E-state index contributed by atoms with van der Waals surface area (Å²) < 4.78 is 15.7. The van der Waals surface area contributed by atoms with Crippen LogP contribution in [0.4, 0.5) is 10.2 Å². The smallest absolute Gasteiger partial charge is 0.290 e. The number of fused-ring (bicyclic) bond motifs is 1. The minimum atomic E-state index is -0.261. The second-order valence-electron chi connectivity index (χ2n) is 7.50. The summed E-state index contributed by atoms with van der Waals surface area (Å²) in [6.07, 6.45) is 3.55. The fourth-order valence-electron chi connectivity index (χ4n) is 4.31. The Kier molecular flexibility index (Phi) is 6.46. The molecule has 2 aliphatic heterocycles. The number of aryl methyl sites for hydroxylation is 2. The van der Waals surface area contributed by atoms with Crippen molar-refractivity contribution in [1.82, 2.24) is 19.7 Å². The molecule has 2 aliphatic rings. The zero-order valence-corrected chi connectivity index (χ0v) is 16.7. The molecule has 0 spiro atoms. The van der Waals surface area contributed by atoms with Crippen LogP contribution in [-0.4, -0.2) is 63.3 Å². The fourth-order valence-corrected chi connectivity index (χ4v) is 4.31. The molecule has 0 aliphatic carbocycles. The van der Waals surface area contributed by atoms with Crippen LogP contribution in [-0.2, 0) is 11.8 Å². The van der Waals surface area contributed by atoms with E-state index in [0.29, 0.717) is 23.3 Å². The minimum absolute atomic E-state index is 0.0637. The fraction of sp³-hybridized carbons (Fsp3) is 0.500. The highest BCUT2D eigenvalue weighted by molar-refractivity contribution is 5.92. The molecule has 29 heavy (non-hydrogen) atoms. The third kappa shape index (κ3) is 4.55. The topological polar surface area (TPSA) is 91.6 Å². The molecule has 4 rings (SSSR count). The molecule has 2 atom stereocenters. The first-order valence-corrected chi connectivity index (χ1v) is 9.67. The van der Waals surface area contributed by atoms with E-state index in [4.69, 9.17) is 9.90 Å². The summed E-state index contributed by atoms with van der Waals surface area (Å²) in [7, 11) is 1.81. The van der Waals surface area contributed by atoms with Crippen LogP contribution in [0.5, 0.6) is 0 Å². The first kappa shape index (κ1) is 20.8. The first-order chi connectivity index (χ1) is 13.9. The van der Waals surface area contributed by atoms with Gasteiger partial charge in [-0.3, -0.25) is 14.3 Å². The van der Waals surface area contributed by atoms with E-state index in [2.05, 4.69) is 10.1 Å². The Morgan fingerprint density at radius 2 is 1.90 bits per heavy atom. The van der Waals surface area contributed by atoms with Gasteiger partial charge in [-0.05, 0) is 49.8 Å². The molecule has 1 amide bonds. The van der Waals surface area contributed by atoms with Gasteiger partial charge in [0.1, 0.15) is 5.69 Å². The maximum atomic E-state index is 14.0. The Labute approximate surface area is 168 Å². The van der Waals surface area contributed by atoms with Crippen molar-refractivity contribution in [3.05, 3.63) is 41.6 Å². The number of likely N-dealkylation sites (tertiary alicyclic amines) is 1. The lowest BCUT2D eigenvalue weighted by Gasteiger charge is -2.23. The lowest BCUT2D eigenvalue weighted by molar-refractivity contribution is -0.122. The van der Waals surface area contributed by atoms with Crippen molar-refractivity contribution >= 4 is 18.2 Å². The largest absolute Gasteiger partial charge is 0.483 e. The van der Waals surface area contributed by atoms with Crippen molar-refractivity contribution in [3.8, 4) is 0 Å². The Hall–Kier alpha value is -2.97. The second kappa shape index (κ2) is 9.02. The van der Waals surface area contributed by atoms with E-state index in [1.165, 1.54) is 6.07 Å². The van der Waals surface area contributed by atoms with Gasteiger partial charge in [-0.15, -0.1) is 0 Å². The number of nitrogens with zero attached hydrogens (tertiary/aromatic N) is 5. The molecule has 156 valence electrons. The average molecular weight is 403 g/mol. The summed E-state index contributed by atoms with van der Waals surface area (Å²) in [5.41, 5.74) is 1.51. The van der Waals surface area contributed by atoms with Gasteiger partial charge in [0.15, 0.2) is 11.6 Å². The van der Waals surface area contributed by atoms with Gasteiger partial charge < -0.3 is 14.9 Å². The molecule has 0 aromatic carbocycles. The van der Waals surface area contributed by atoms with Crippen molar-refractivity contribution in [2.24, 2.45) is 18.9 Å². The van der Waals surface area contributed by atoms with Crippen molar-refractivity contribution < 1.29 is 19.1 Å². The van der Waals surface area contributed by atoms with E-state index in [1.807, 2.05) is 29.8 Å². The van der Waals surface area contributed by atoms with Crippen LogP contribution >= 0.6 is 0 Å². The number of carbonyl (C=O) groups is 2. The van der Waals surface area contributed by atoms with Crippen LogP contribution in [0.3, 0.4) is 0 Å². The predicted molar refractivity (Wildman–Crippen MR) is 105 cm³/mol. The van der Waals surface area contributed by atoms with Crippen molar-refractivity contribution in [2.75, 3.05) is 31.1 Å². The highest BCUT2D eigenvalue weighted by Crippen LogP contribution is 2.34. The number of amides is 1. The van der Waals surface area contributed by atoms with Gasteiger partial charge in [0.2, 0.25) is 0 Å².